The number of aryl methyl sites for hydroxylation is 2. The molecule has 0 amide bonds. The maximum atomic E-state index is 11.6. The molecule has 2 heterocycles. The van der Waals surface area contributed by atoms with E-state index in [1.807, 2.05) is 38.4 Å². The van der Waals surface area contributed by atoms with Crippen molar-refractivity contribution in [2.75, 3.05) is 5.32 Å². The number of aromatic nitrogens is 3. The van der Waals surface area contributed by atoms with Gasteiger partial charge in [-0.1, -0.05) is 12.1 Å². The van der Waals surface area contributed by atoms with Crippen LogP contribution in [0.4, 0.5) is 5.69 Å². The molecular formula is C16H18N4O. The summed E-state index contributed by atoms with van der Waals surface area (Å²) < 4.78 is 3.76. The molecule has 5 nitrogen and oxygen atoms in total. The molecule has 0 fully saturated rings. The van der Waals surface area contributed by atoms with Gasteiger partial charge in [0.15, 0.2) is 0 Å². The summed E-state index contributed by atoms with van der Waals surface area (Å²) in [6.07, 6.45) is 1.84. The van der Waals surface area contributed by atoms with Gasteiger partial charge in [0.25, 0.3) is 5.56 Å². The number of hydrogen-bond acceptors (Lipinski definition) is 3. The normalized spacial score (nSPS) is 11.0. The average Bonchev–Trinajstić information content (AvgIpc) is 2.83. The standard InChI is InChI=1S/C16H18N4O/c1-3-20-11-12(8-9-16(20)21)17-10-15-18-13-6-4-5-7-14(13)19(15)2/h4-9,11,17H,3,10H2,1-2H3. The Morgan fingerprint density at radius 1 is 1.19 bits per heavy atom. The van der Waals surface area contributed by atoms with Crippen molar-refractivity contribution in [3.63, 3.8) is 0 Å². The van der Waals surface area contributed by atoms with Gasteiger partial charge >= 0.3 is 0 Å². The van der Waals surface area contributed by atoms with E-state index < -0.39 is 0 Å². The fourth-order valence-electron chi connectivity index (χ4n) is 2.42. The molecule has 0 spiro atoms. The van der Waals surface area contributed by atoms with E-state index in [2.05, 4.69) is 20.9 Å². The van der Waals surface area contributed by atoms with E-state index in [-0.39, 0.29) is 5.56 Å². The molecule has 21 heavy (non-hydrogen) atoms. The van der Waals surface area contributed by atoms with Crippen LogP contribution in [0.2, 0.25) is 0 Å². The predicted octanol–water partition coefficient (Wildman–Crippen LogP) is 2.37. The maximum Gasteiger partial charge on any atom is 0.250 e. The van der Waals surface area contributed by atoms with Crippen molar-refractivity contribution in [1.29, 1.82) is 0 Å². The summed E-state index contributed by atoms with van der Waals surface area (Å²) in [4.78, 5) is 16.2. The summed E-state index contributed by atoms with van der Waals surface area (Å²) in [5, 5.41) is 3.32. The van der Waals surface area contributed by atoms with Crippen molar-refractivity contribution in [3.8, 4) is 0 Å². The highest BCUT2D eigenvalue weighted by Gasteiger charge is 2.06. The number of nitrogens with one attached hydrogen (secondary N) is 1. The molecule has 5 heteroatoms. The number of fused-ring (bicyclic) bond motifs is 1. The van der Waals surface area contributed by atoms with Crippen molar-refractivity contribution < 1.29 is 0 Å². The molecule has 0 unspecified atom stereocenters. The van der Waals surface area contributed by atoms with Crippen LogP contribution >= 0.6 is 0 Å². The topological polar surface area (TPSA) is 51.9 Å². The van der Waals surface area contributed by atoms with Crippen LogP contribution in [0.3, 0.4) is 0 Å². The number of imidazole rings is 1. The van der Waals surface area contributed by atoms with Gasteiger partial charge in [0.2, 0.25) is 0 Å². The lowest BCUT2D eigenvalue weighted by Crippen LogP contribution is -2.18. The van der Waals surface area contributed by atoms with Gasteiger partial charge < -0.3 is 14.5 Å². The first-order chi connectivity index (χ1) is 10.2. The number of anilines is 1. The molecule has 1 aromatic carbocycles. The van der Waals surface area contributed by atoms with Gasteiger partial charge in [-0.15, -0.1) is 0 Å². The highest BCUT2D eigenvalue weighted by molar-refractivity contribution is 5.75. The smallest absolute Gasteiger partial charge is 0.250 e. The Morgan fingerprint density at radius 2 is 2.00 bits per heavy atom. The Balaban J connectivity index is 1.83. The second-order valence-electron chi connectivity index (χ2n) is 4.97. The van der Waals surface area contributed by atoms with Gasteiger partial charge in [0.1, 0.15) is 5.82 Å². The van der Waals surface area contributed by atoms with Gasteiger partial charge in [0, 0.05) is 25.9 Å². The summed E-state index contributed by atoms with van der Waals surface area (Å²) in [6.45, 7) is 3.24. The number of para-hydroxylation sites is 2. The Hall–Kier alpha value is -2.56. The number of hydrogen-bond donors (Lipinski definition) is 1. The third-order valence-corrected chi connectivity index (χ3v) is 3.65. The molecule has 3 aromatic rings. The molecule has 0 aliphatic heterocycles. The molecule has 0 saturated carbocycles. The van der Waals surface area contributed by atoms with E-state index in [0.717, 1.165) is 22.5 Å². The van der Waals surface area contributed by atoms with Gasteiger partial charge in [-0.2, -0.15) is 0 Å². The van der Waals surface area contributed by atoms with E-state index in [0.29, 0.717) is 13.1 Å². The van der Waals surface area contributed by atoms with Crippen molar-refractivity contribution in [1.82, 2.24) is 14.1 Å². The fraction of sp³-hybridized carbons (Fsp3) is 0.250. The maximum absolute atomic E-state index is 11.6. The molecule has 0 saturated heterocycles. The first-order valence-electron chi connectivity index (χ1n) is 7.03. The third kappa shape index (κ3) is 2.54. The Bertz CT molecular complexity index is 832. The van der Waals surface area contributed by atoms with Crippen LogP contribution in [0.25, 0.3) is 11.0 Å². The predicted molar refractivity (Wildman–Crippen MR) is 84.4 cm³/mol. The average molecular weight is 282 g/mol. The lowest BCUT2D eigenvalue weighted by molar-refractivity contribution is 0.727. The largest absolute Gasteiger partial charge is 0.377 e. The first-order valence-corrected chi connectivity index (χ1v) is 7.03. The second kappa shape index (κ2) is 5.44. The molecule has 108 valence electrons. The monoisotopic (exact) mass is 282 g/mol. The number of nitrogens with zero attached hydrogens (tertiary/aromatic N) is 3. The minimum Gasteiger partial charge on any atom is -0.377 e. The number of pyridine rings is 1. The summed E-state index contributed by atoms with van der Waals surface area (Å²) in [7, 11) is 2.01. The highest BCUT2D eigenvalue weighted by Crippen LogP contribution is 2.15. The lowest BCUT2D eigenvalue weighted by Gasteiger charge is -2.09. The number of rotatable bonds is 4. The van der Waals surface area contributed by atoms with Gasteiger partial charge in [0.05, 0.1) is 23.3 Å². The second-order valence-corrected chi connectivity index (χ2v) is 4.97. The van der Waals surface area contributed by atoms with Gasteiger partial charge in [-0.05, 0) is 25.1 Å². The van der Waals surface area contributed by atoms with Crippen LogP contribution in [0.5, 0.6) is 0 Å². The molecule has 2 aromatic heterocycles. The van der Waals surface area contributed by atoms with Crippen LogP contribution in [-0.2, 0) is 20.1 Å². The van der Waals surface area contributed by atoms with E-state index in [1.54, 1.807) is 16.7 Å². The van der Waals surface area contributed by atoms with E-state index >= 15 is 0 Å². The van der Waals surface area contributed by atoms with Crippen LogP contribution in [0.15, 0.2) is 47.4 Å². The molecule has 3 rings (SSSR count). The summed E-state index contributed by atoms with van der Waals surface area (Å²) in [5.41, 5.74) is 3.05. The third-order valence-electron chi connectivity index (χ3n) is 3.65. The Labute approximate surface area is 122 Å². The minimum atomic E-state index is 0.0192. The van der Waals surface area contributed by atoms with Crippen LogP contribution < -0.4 is 10.9 Å². The van der Waals surface area contributed by atoms with Crippen molar-refractivity contribution >= 4 is 16.7 Å². The highest BCUT2D eigenvalue weighted by atomic mass is 16.1. The summed E-state index contributed by atoms with van der Waals surface area (Å²) in [6, 6.07) is 11.5. The van der Waals surface area contributed by atoms with Crippen LogP contribution in [0, 0.1) is 0 Å². The quantitative estimate of drug-likeness (QED) is 0.799. The molecule has 0 aliphatic carbocycles. The molecule has 0 atom stereocenters. The zero-order chi connectivity index (χ0) is 14.8. The zero-order valence-corrected chi connectivity index (χ0v) is 12.2. The summed E-state index contributed by atoms with van der Waals surface area (Å²) >= 11 is 0. The first kappa shape index (κ1) is 13.4. The molecular weight excluding hydrogens is 264 g/mol. The summed E-state index contributed by atoms with van der Waals surface area (Å²) in [5.74, 6) is 0.963. The molecule has 1 N–H and O–H groups in total. The Morgan fingerprint density at radius 3 is 2.76 bits per heavy atom. The fourth-order valence-corrected chi connectivity index (χ4v) is 2.42. The van der Waals surface area contributed by atoms with Crippen molar-refractivity contribution in [3.05, 3.63) is 58.8 Å². The molecule has 0 bridgehead atoms. The number of benzene rings is 1. The molecule has 0 aliphatic rings. The van der Waals surface area contributed by atoms with E-state index in [9.17, 15) is 4.79 Å². The van der Waals surface area contributed by atoms with E-state index in [4.69, 9.17) is 0 Å². The Kier molecular flexibility index (Phi) is 3.48. The SMILES string of the molecule is CCn1cc(NCc2nc3ccccc3n2C)ccc1=O. The van der Waals surface area contributed by atoms with Gasteiger partial charge in [-0.25, -0.2) is 4.98 Å². The minimum absolute atomic E-state index is 0.0192. The van der Waals surface area contributed by atoms with Crippen molar-refractivity contribution in [2.45, 2.75) is 20.0 Å². The van der Waals surface area contributed by atoms with Crippen LogP contribution in [-0.4, -0.2) is 14.1 Å². The zero-order valence-electron chi connectivity index (χ0n) is 12.2. The lowest BCUT2D eigenvalue weighted by atomic mass is 10.3. The van der Waals surface area contributed by atoms with Crippen molar-refractivity contribution in [2.24, 2.45) is 7.05 Å². The van der Waals surface area contributed by atoms with Gasteiger partial charge in [-0.3, -0.25) is 4.79 Å². The van der Waals surface area contributed by atoms with Crippen LogP contribution in [0.1, 0.15) is 12.7 Å². The molecule has 0 radical (unpaired) electrons. The van der Waals surface area contributed by atoms with E-state index in [1.165, 1.54) is 0 Å².